The maximum absolute atomic E-state index is 13.6. The summed E-state index contributed by atoms with van der Waals surface area (Å²) >= 11 is 5.95. The number of ether oxygens (including phenoxy) is 1. The Kier molecular flexibility index (Phi) is 5.17. The zero-order valence-electron chi connectivity index (χ0n) is 15.0. The van der Waals surface area contributed by atoms with Crippen LogP contribution in [0.2, 0.25) is 5.02 Å². The summed E-state index contributed by atoms with van der Waals surface area (Å²) in [7, 11) is 0. The molecule has 0 unspecified atom stereocenters. The van der Waals surface area contributed by atoms with E-state index in [0.717, 1.165) is 37.5 Å². The predicted molar refractivity (Wildman–Crippen MR) is 103 cm³/mol. The maximum Gasteiger partial charge on any atom is 0.253 e. The van der Waals surface area contributed by atoms with Crippen molar-refractivity contribution in [2.45, 2.75) is 25.0 Å². The third-order valence-corrected chi connectivity index (χ3v) is 5.71. The average Bonchev–Trinajstić information content (AvgIpc) is 2.68. The number of hydrogen-bond acceptors (Lipinski definition) is 3. The standard InChI is InChI=1S/C21H22ClFN2O2/c22-17-6-4-16(5-7-17)13-24-10-8-21(9-11-24)15-25(20(26)14-27-21)19-3-1-2-18(23)12-19/h1-7,12H,8-11,13-15H2. The summed E-state index contributed by atoms with van der Waals surface area (Å²) in [6.45, 7) is 3.19. The molecule has 142 valence electrons. The SMILES string of the molecule is O=C1COC2(CCN(Cc3ccc(Cl)cc3)CC2)CN1c1cccc(F)c1. The summed E-state index contributed by atoms with van der Waals surface area (Å²) in [5, 5.41) is 0.744. The first-order chi connectivity index (χ1) is 13.0. The second-order valence-corrected chi connectivity index (χ2v) is 7.77. The molecule has 2 fully saturated rings. The number of amides is 1. The monoisotopic (exact) mass is 388 g/mol. The maximum atomic E-state index is 13.6. The quantitative estimate of drug-likeness (QED) is 0.800. The number of likely N-dealkylation sites (tertiary alicyclic amines) is 1. The number of piperidine rings is 1. The molecule has 4 rings (SSSR count). The van der Waals surface area contributed by atoms with E-state index >= 15 is 0 Å². The lowest BCUT2D eigenvalue weighted by Crippen LogP contribution is -2.58. The molecule has 0 aromatic heterocycles. The smallest absolute Gasteiger partial charge is 0.253 e. The second-order valence-electron chi connectivity index (χ2n) is 7.33. The Morgan fingerprint density at radius 2 is 1.85 bits per heavy atom. The fourth-order valence-electron chi connectivity index (χ4n) is 3.86. The van der Waals surface area contributed by atoms with Crippen LogP contribution in [0.5, 0.6) is 0 Å². The van der Waals surface area contributed by atoms with E-state index in [1.54, 1.807) is 17.0 Å². The van der Waals surface area contributed by atoms with E-state index in [0.29, 0.717) is 12.2 Å². The van der Waals surface area contributed by atoms with Crippen LogP contribution in [0.4, 0.5) is 10.1 Å². The van der Waals surface area contributed by atoms with Crippen molar-refractivity contribution in [3.63, 3.8) is 0 Å². The third-order valence-electron chi connectivity index (χ3n) is 5.46. The molecular weight excluding hydrogens is 367 g/mol. The van der Waals surface area contributed by atoms with Crippen LogP contribution >= 0.6 is 11.6 Å². The lowest BCUT2D eigenvalue weighted by molar-refractivity contribution is -0.144. The molecular formula is C21H22ClFN2O2. The van der Waals surface area contributed by atoms with E-state index in [4.69, 9.17) is 16.3 Å². The first kappa shape index (κ1) is 18.4. The molecule has 0 N–H and O–H groups in total. The Morgan fingerprint density at radius 1 is 1.11 bits per heavy atom. The van der Waals surface area contributed by atoms with Crippen molar-refractivity contribution in [1.29, 1.82) is 0 Å². The minimum Gasteiger partial charge on any atom is -0.363 e. The highest BCUT2D eigenvalue weighted by atomic mass is 35.5. The van der Waals surface area contributed by atoms with Crippen molar-refractivity contribution in [3.8, 4) is 0 Å². The molecule has 1 spiro atoms. The summed E-state index contributed by atoms with van der Waals surface area (Å²) in [6.07, 6.45) is 1.69. The van der Waals surface area contributed by atoms with Crippen molar-refractivity contribution in [2.75, 3.05) is 31.1 Å². The van der Waals surface area contributed by atoms with Gasteiger partial charge in [0.05, 0.1) is 12.1 Å². The van der Waals surface area contributed by atoms with Crippen LogP contribution < -0.4 is 4.90 Å². The van der Waals surface area contributed by atoms with E-state index in [1.165, 1.54) is 17.7 Å². The van der Waals surface area contributed by atoms with Crippen LogP contribution in [-0.2, 0) is 16.1 Å². The predicted octanol–water partition coefficient (Wildman–Crippen LogP) is 3.88. The summed E-state index contributed by atoms with van der Waals surface area (Å²) in [5.41, 5.74) is 1.49. The van der Waals surface area contributed by atoms with E-state index in [-0.39, 0.29) is 23.9 Å². The number of carbonyl (C=O) groups excluding carboxylic acids is 1. The van der Waals surface area contributed by atoms with Gasteiger partial charge in [-0.05, 0) is 48.7 Å². The normalized spacial score (nSPS) is 20.2. The number of carbonyl (C=O) groups is 1. The minimum atomic E-state index is -0.350. The highest BCUT2D eigenvalue weighted by molar-refractivity contribution is 6.30. The number of rotatable bonds is 3. The Hall–Kier alpha value is -1.95. The number of benzene rings is 2. The molecule has 2 aliphatic heterocycles. The van der Waals surface area contributed by atoms with Gasteiger partial charge < -0.3 is 9.64 Å². The summed E-state index contributed by atoms with van der Waals surface area (Å²) in [5.74, 6) is -0.451. The molecule has 27 heavy (non-hydrogen) atoms. The van der Waals surface area contributed by atoms with Gasteiger partial charge in [0.1, 0.15) is 12.4 Å². The lowest BCUT2D eigenvalue weighted by atomic mass is 9.88. The second kappa shape index (κ2) is 7.58. The molecule has 0 aliphatic carbocycles. The summed E-state index contributed by atoms with van der Waals surface area (Å²) in [4.78, 5) is 16.4. The van der Waals surface area contributed by atoms with Gasteiger partial charge in [-0.25, -0.2) is 4.39 Å². The fourth-order valence-corrected chi connectivity index (χ4v) is 3.99. The number of halogens is 2. The third kappa shape index (κ3) is 4.15. The molecule has 4 nitrogen and oxygen atoms in total. The van der Waals surface area contributed by atoms with Crippen LogP contribution in [0.1, 0.15) is 18.4 Å². The Bertz CT molecular complexity index is 819. The first-order valence-corrected chi connectivity index (χ1v) is 9.58. The topological polar surface area (TPSA) is 32.8 Å². The zero-order chi connectivity index (χ0) is 18.9. The molecule has 1 amide bonds. The molecule has 0 atom stereocenters. The Morgan fingerprint density at radius 3 is 2.56 bits per heavy atom. The zero-order valence-corrected chi connectivity index (χ0v) is 15.8. The van der Waals surface area contributed by atoms with Crippen LogP contribution in [0.3, 0.4) is 0 Å². The van der Waals surface area contributed by atoms with Crippen molar-refractivity contribution in [2.24, 2.45) is 0 Å². The molecule has 2 aromatic carbocycles. The fraction of sp³-hybridized carbons (Fsp3) is 0.381. The van der Waals surface area contributed by atoms with E-state index in [2.05, 4.69) is 4.90 Å². The van der Waals surface area contributed by atoms with Gasteiger partial charge in [0.15, 0.2) is 0 Å². The van der Waals surface area contributed by atoms with Crippen molar-refractivity contribution in [1.82, 2.24) is 4.90 Å². The molecule has 0 saturated carbocycles. The molecule has 0 bridgehead atoms. The lowest BCUT2D eigenvalue weighted by Gasteiger charge is -2.47. The van der Waals surface area contributed by atoms with Gasteiger partial charge in [-0.1, -0.05) is 29.8 Å². The van der Waals surface area contributed by atoms with Gasteiger partial charge in [0.25, 0.3) is 5.91 Å². The van der Waals surface area contributed by atoms with Gasteiger partial charge in [0.2, 0.25) is 0 Å². The number of hydrogen-bond donors (Lipinski definition) is 0. The highest BCUT2D eigenvalue weighted by Crippen LogP contribution is 2.33. The van der Waals surface area contributed by atoms with Crippen molar-refractivity contribution in [3.05, 3.63) is 64.9 Å². The number of morpholine rings is 1. The van der Waals surface area contributed by atoms with E-state index in [1.807, 2.05) is 24.3 Å². The Labute approximate surface area is 163 Å². The van der Waals surface area contributed by atoms with E-state index in [9.17, 15) is 9.18 Å². The summed E-state index contributed by atoms with van der Waals surface area (Å²) in [6, 6.07) is 14.1. The van der Waals surface area contributed by atoms with Crippen LogP contribution in [0.25, 0.3) is 0 Å². The van der Waals surface area contributed by atoms with Gasteiger partial charge >= 0.3 is 0 Å². The minimum absolute atomic E-state index is 0.0493. The first-order valence-electron chi connectivity index (χ1n) is 9.20. The molecule has 0 radical (unpaired) electrons. The molecule has 2 saturated heterocycles. The Balaban J connectivity index is 1.41. The van der Waals surface area contributed by atoms with Crippen LogP contribution in [0, 0.1) is 5.82 Å². The van der Waals surface area contributed by atoms with Gasteiger partial charge in [-0.3, -0.25) is 9.69 Å². The molecule has 2 aromatic rings. The molecule has 6 heteroatoms. The van der Waals surface area contributed by atoms with Gasteiger partial charge in [-0.2, -0.15) is 0 Å². The largest absolute Gasteiger partial charge is 0.363 e. The van der Waals surface area contributed by atoms with Crippen molar-refractivity contribution < 1.29 is 13.9 Å². The molecule has 2 heterocycles. The highest BCUT2D eigenvalue weighted by Gasteiger charge is 2.42. The van der Waals surface area contributed by atoms with Gasteiger partial charge in [0, 0.05) is 30.3 Å². The summed E-state index contributed by atoms with van der Waals surface area (Å²) < 4.78 is 19.6. The molecule has 2 aliphatic rings. The van der Waals surface area contributed by atoms with Crippen LogP contribution in [-0.4, -0.2) is 42.6 Å². The van der Waals surface area contributed by atoms with Crippen LogP contribution in [0.15, 0.2) is 48.5 Å². The van der Waals surface area contributed by atoms with Gasteiger partial charge in [-0.15, -0.1) is 0 Å². The number of anilines is 1. The van der Waals surface area contributed by atoms with Crippen molar-refractivity contribution >= 4 is 23.2 Å². The van der Waals surface area contributed by atoms with E-state index < -0.39 is 0 Å². The average molecular weight is 389 g/mol. The number of nitrogens with zero attached hydrogens (tertiary/aromatic N) is 2.